The molecule has 0 saturated carbocycles. The van der Waals surface area contributed by atoms with Crippen molar-refractivity contribution in [2.75, 3.05) is 13.2 Å². The topological polar surface area (TPSA) is 52.2 Å². The van der Waals surface area contributed by atoms with E-state index in [9.17, 15) is 10.2 Å². The fourth-order valence-electron chi connectivity index (χ4n) is 0.475. The van der Waals surface area contributed by atoms with Crippen molar-refractivity contribution in [3.63, 3.8) is 0 Å². The molecule has 0 aliphatic heterocycles. The third-order valence-corrected chi connectivity index (χ3v) is 1.20. The van der Waals surface area contributed by atoms with Crippen molar-refractivity contribution in [3.8, 4) is 0 Å². The van der Waals surface area contributed by atoms with Gasteiger partial charge in [0.15, 0.2) is 0 Å². The summed E-state index contributed by atoms with van der Waals surface area (Å²) in [5.41, 5.74) is -1.09. The number of aliphatic hydroxyl groups is 1. The van der Waals surface area contributed by atoms with Gasteiger partial charge in [0.25, 0.3) is 0 Å². The SMILES string of the molecule is CC(C)NCC(C)(O)C[O]. The van der Waals surface area contributed by atoms with Gasteiger partial charge in [-0.05, 0) is 6.92 Å². The summed E-state index contributed by atoms with van der Waals surface area (Å²) in [6, 6.07) is 0.318. The van der Waals surface area contributed by atoms with Crippen LogP contribution in [0.2, 0.25) is 0 Å². The third kappa shape index (κ3) is 4.73. The molecule has 10 heavy (non-hydrogen) atoms. The number of nitrogens with one attached hydrogen (secondary N) is 1. The summed E-state index contributed by atoms with van der Waals surface area (Å²) >= 11 is 0. The molecule has 0 fully saturated rings. The average Bonchev–Trinajstić information content (AvgIpc) is 1.85. The van der Waals surface area contributed by atoms with E-state index in [0.29, 0.717) is 12.6 Å². The fraction of sp³-hybridized carbons (Fsp3) is 1.00. The highest BCUT2D eigenvalue weighted by Gasteiger charge is 2.19. The summed E-state index contributed by atoms with van der Waals surface area (Å²) in [5.74, 6) is 0. The van der Waals surface area contributed by atoms with Crippen molar-refractivity contribution >= 4 is 0 Å². The molecule has 1 atom stereocenters. The Labute approximate surface area is 62.1 Å². The van der Waals surface area contributed by atoms with Crippen molar-refractivity contribution in [3.05, 3.63) is 0 Å². The van der Waals surface area contributed by atoms with Crippen molar-refractivity contribution in [1.82, 2.24) is 5.32 Å². The van der Waals surface area contributed by atoms with Gasteiger partial charge in [0.2, 0.25) is 0 Å². The highest BCUT2D eigenvalue weighted by Crippen LogP contribution is 1.99. The standard InChI is InChI=1S/C7H16NO2/c1-6(2)8-4-7(3,10)5-9/h6,8,10H,4-5H2,1-3H3. The molecule has 0 heterocycles. The van der Waals surface area contributed by atoms with E-state index in [-0.39, 0.29) is 0 Å². The minimum atomic E-state index is -1.09. The lowest BCUT2D eigenvalue weighted by Gasteiger charge is -2.21. The highest BCUT2D eigenvalue weighted by molar-refractivity contribution is 4.74. The van der Waals surface area contributed by atoms with Crippen LogP contribution in [0.3, 0.4) is 0 Å². The Balaban J connectivity index is 3.46. The largest absolute Gasteiger partial charge is 0.386 e. The molecule has 3 nitrogen and oxygen atoms in total. The second kappa shape index (κ2) is 3.91. The van der Waals surface area contributed by atoms with Crippen LogP contribution < -0.4 is 5.32 Å². The van der Waals surface area contributed by atoms with E-state index < -0.39 is 12.2 Å². The first kappa shape index (κ1) is 9.88. The van der Waals surface area contributed by atoms with E-state index in [1.165, 1.54) is 6.92 Å². The molecule has 0 spiro atoms. The molecule has 2 N–H and O–H groups in total. The lowest BCUT2D eigenvalue weighted by molar-refractivity contribution is -0.0251. The zero-order valence-corrected chi connectivity index (χ0v) is 6.85. The van der Waals surface area contributed by atoms with Crippen LogP contribution in [0.4, 0.5) is 0 Å². The lowest BCUT2D eigenvalue weighted by Crippen LogP contribution is -2.42. The Bertz CT molecular complexity index is 91.6. The fourth-order valence-corrected chi connectivity index (χ4v) is 0.475. The molecule has 0 aliphatic carbocycles. The Morgan fingerprint density at radius 2 is 2.10 bits per heavy atom. The molecule has 0 amide bonds. The molecular weight excluding hydrogens is 130 g/mol. The summed E-state index contributed by atoms with van der Waals surface area (Å²) in [6.45, 7) is 5.40. The van der Waals surface area contributed by atoms with Gasteiger partial charge in [-0.25, -0.2) is 5.11 Å². The van der Waals surface area contributed by atoms with Gasteiger partial charge >= 0.3 is 0 Å². The third-order valence-electron chi connectivity index (χ3n) is 1.20. The Morgan fingerprint density at radius 1 is 1.60 bits per heavy atom. The monoisotopic (exact) mass is 146 g/mol. The summed E-state index contributed by atoms with van der Waals surface area (Å²) in [5, 5.41) is 22.5. The molecule has 0 aliphatic rings. The van der Waals surface area contributed by atoms with Gasteiger partial charge in [-0.3, -0.25) is 0 Å². The van der Waals surface area contributed by atoms with Gasteiger partial charge in [0.05, 0.1) is 0 Å². The second-order valence-corrected chi connectivity index (χ2v) is 3.18. The summed E-state index contributed by atoms with van der Waals surface area (Å²) in [6.07, 6.45) is 0. The zero-order valence-electron chi connectivity index (χ0n) is 6.85. The van der Waals surface area contributed by atoms with E-state index in [2.05, 4.69) is 5.32 Å². The van der Waals surface area contributed by atoms with Crippen LogP contribution >= 0.6 is 0 Å². The minimum Gasteiger partial charge on any atom is -0.386 e. The first-order chi connectivity index (χ1) is 4.48. The van der Waals surface area contributed by atoms with Crippen LogP contribution in [0, 0.1) is 0 Å². The van der Waals surface area contributed by atoms with Crippen LogP contribution in [-0.4, -0.2) is 29.9 Å². The molecule has 0 bridgehead atoms. The Morgan fingerprint density at radius 3 is 2.40 bits per heavy atom. The van der Waals surface area contributed by atoms with E-state index in [4.69, 9.17) is 0 Å². The maximum Gasteiger partial charge on any atom is 0.112 e. The first-order valence-electron chi connectivity index (χ1n) is 3.52. The van der Waals surface area contributed by atoms with E-state index in [0.717, 1.165) is 0 Å². The smallest absolute Gasteiger partial charge is 0.112 e. The summed E-state index contributed by atoms with van der Waals surface area (Å²) < 4.78 is 0. The van der Waals surface area contributed by atoms with Gasteiger partial charge in [-0.15, -0.1) is 0 Å². The normalized spacial score (nSPS) is 17.4. The molecule has 0 aromatic rings. The Hall–Kier alpha value is -0.120. The van der Waals surface area contributed by atoms with Gasteiger partial charge in [0, 0.05) is 12.6 Å². The van der Waals surface area contributed by atoms with Gasteiger partial charge in [-0.2, -0.15) is 0 Å². The molecule has 0 rings (SSSR count). The maximum atomic E-state index is 10.3. The molecule has 0 aromatic carbocycles. The highest BCUT2D eigenvalue weighted by atomic mass is 16.3. The zero-order chi connectivity index (χ0) is 8.20. The molecule has 0 aromatic heterocycles. The summed E-state index contributed by atoms with van der Waals surface area (Å²) in [7, 11) is 0. The van der Waals surface area contributed by atoms with Crippen LogP contribution in [0.15, 0.2) is 0 Å². The van der Waals surface area contributed by atoms with Crippen molar-refractivity contribution < 1.29 is 10.2 Å². The van der Waals surface area contributed by atoms with Crippen molar-refractivity contribution in [1.29, 1.82) is 0 Å². The van der Waals surface area contributed by atoms with Gasteiger partial charge in [0.1, 0.15) is 12.2 Å². The minimum absolute atomic E-state index is 0.318. The average molecular weight is 146 g/mol. The van der Waals surface area contributed by atoms with E-state index in [1.54, 1.807) is 0 Å². The molecule has 1 unspecified atom stereocenters. The van der Waals surface area contributed by atoms with Crippen molar-refractivity contribution in [2.24, 2.45) is 0 Å². The van der Waals surface area contributed by atoms with Crippen LogP contribution in [-0.2, 0) is 5.11 Å². The van der Waals surface area contributed by atoms with Crippen LogP contribution in [0.1, 0.15) is 20.8 Å². The van der Waals surface area contributed by atoms with Crippen molar-refractivity contribution in [2.45, 2.75) is 32.4 Å². The number of hydrogen-bond donors (Lipinski definition) is 2. The number of rotatable bonds is 4. The number of hydrogen-bond acceptors (Lipinski definition) is 2. The molecular formula is C7H16NO2. The Kier molecular flexibility index (Phi) is 3.86. The van der Waals surface area contributed by atoms with Crippen LogP contribution in [0.25, 0.3) is 0 Å². The van der Waals surface area contributed by atoms with E-state index in [1.807, 2.05) is 13.8 Å². The molecule has 3 heteroatoms. The van der Waals surface area contributed by atoms with E-state index >= 15 is 0 Å². The maximum absolute atomic E-state index is 10.3. The molecule has 1 radical (unpaired) electrons. The quantitative estimate of drug-likeness (QED) is 0.594. The lowest BCUT2D eigenvalue weighted by atomic mass is 10.1. The van der Waals surface area contributed by atoms with Gasteiger partial charge in [-0.1, -0.05) is 13.8 Å². The summed E-state index contributed by atoms with van der Waals surface area (Å²) in [4.78, 5) is 0. The molecule has 0 saturated heterocycles. The van der Waals surface area contributed by atoms with Crippen LogP contribution in [0.5, 0.6) is 0 Å². The predicted octanol–water partition coefficient (Wildman–Crippen LogP) is 0.166. The second-order valence-electron chi connectivity index (χ2n) is 3.18. The predicted molar refractivity (Wildman–Crippen MR) is 39.3 cm³/mol. The molecule has 61 valence electrons. The first-order valence-corrected chi connectivity index (χ1v) is 3.52. The van der Waals surface area contributed by atoms with Gasteiger partial charge < -0.3 is 10.4 Å².